The lowest BCUT2D eigenvalue weighted by atomic mass is 10.0. The van der Waals surface area contributed by atoms with Crippen molar-refractivity contribution < 1.29 is 9.59 Å². The van der Waals surface area contributed by atoms with Crippen LogP contribution in [-0.4, -0.2) is 11.6 Å². The SMILES string of the molecule is C=Cc1cccc2c1CC(=O)C2=O. The van der Waals surface area contributed by atoms with E-state index in [1.54, 1.807) is 18.2 Å². The molecule has 0 amide bonds. The van der Waals surface area contributed by atoms with Gasteiger partial charge in [0.25, 0.3) is 0 Å². The Kier molecular flexibility index (Phi) is 1.62. The van der Waals surface area contributed by atoms with Crippen LogP contribution >= 0.6 is 0 Å². The molecular formula is C11H8O2. The second-order valence-corrected chi connectivity index (χ2v) is 3.01. The van der Waals surface area contributed by atoms with E-state index in [0.717, 1.165) is 11.1 Å². The van der Waals surface area contributed by atoms with E-state index in [-0.39, 0.29) is 18.0 Å². The lowest BCUT2D eigenvalue weighted by Crippen LogP contribution is -2.05. The average molecular weight is 172 g/mol. The molecule has 0 saturated carbocycles. The molecule has 1 aliphatic carbocycles. The van der Waals surface area contributed by atoms with E-state index in [4.69, 9.17) is 0 Å². The standard InChI is InChI=1S/C11H8O2/c1-2-7-4-3-5-8-9(7)6-10(12)11(8)13/h2-5H,1,6H2. The Labute approximate surface area is 75.9 Å². The van der Waals surface area contributed by atoms with E-state index in [9.17, 15) is 9.59 Å². The van der Waals surface area contributed by atoms with Crippen LogP contribution in [0.2, 0.25) is 0 Å². The van der Waals surface area contributed by atoms with E-state index in [0.29, 0.717) is 5.56 Å². The molecule has 2 rings (SSSR count). The van der Waals surface area contributed by atoms with Gasteiger partial charge in [0.15, 0.2) is 0 Å². The highest BCUT2D eigenvalue weighted by atomic mass is 16.2. The number of fused-ring (bicyclic) bond motifs is 1. The van der Waals surface area contributed by atoms with Gasteiger partial charge in [0.05, 0.1) is 0 Å². The van der Waals surface area contributed by atoms with E-state index in [1.807, 2.05) is 6.07 Å². The van der Waals surface area contributed by atoms with Crippen LogP contribution in [0.5, 0.6) is 0 Å². The van der Waals surface area contributed by atoms with Crippen molar-refractivity contribution in [3.8, 4) is 0 Å². The minimum Gasteiger partial charge on any atom is -0.290 e. The fraction of sp³-hybridized carbons (Fsp3) is 0.0909. The molecule has 0 heterocycles. The van der Waals surface area contributed by atoms with Crippen molar-refractivity contribution in [3.63, 3.8) is 0 Å². The van der Waals surface area contributed by atoms with Gasteiger partial charge in [-0.15, -0.1) is 0 Å². The molecule has 1 aromatic rings. The highest BCUT2D eigenvalue weighted by Gasteiger charge is 2.28. The molecule has 64 valence electrons. The summed E-state index contributed by atoms with van der Waals surface area (Å²) in [6.07, 6.45) is 1.90. The molecule has 2 nitrogen and oxygen atoms in total. The van der Waals surface area contributed by atoms with Crippen molar-refractivity contribution in [2.45, 2.75) is 6.42 Å². The summed E-state index contributed by atoms with van der Waals surface area (Å²) in [5, 5.41) is 0. The molecule has 0 spiro atoms. The molecule has 0 saturated heterocycles. The van der Waals surface area contributed by atoms with Crippen LogP contribution < -0.4 is 0 Å². The van der Waals surface area contributed by atoms with Gasteiger partial charge in [0.1, 0.15) is 0 Å². The quantitative estimate of drug-likeness (QED) is 0.603. The molecule has 0 atom stereocenters. The third-order valence-corrected chi connectivity index (χ3v) is 2.27. The Bertz CT molecular complexity index is 416. The summed E-state index contributed by atoms with van der Waals surface area (Å²) < 4.78 is 0. The molecule has 0 N–H and O–H groups in total. The van der Waals surface area contributed by atoms with Crippen LogP contribution in [0.3, 0.4) is 0 Å². The van der Waals surface area contributed by atoms with Gasteiger partial charge in [-0.3, -0.25) is 9.59 Å². The van der Waals surface area contributed by atoms with Crippen molar-refractivity contribution in [2.24, 2.45) is 0 Å². The Hall–Kier alpha value is -1.70. The summed E-state index contributed by atoms with van der Waals surface area (Å²) in [6.45, 7) is 3.64. The average Bonchev–Trinajstić information content (AvgIpc) is 2.43. The van der Waals surface area contributed by atoms with Gasteiger partial charge in [-0.05, 0) is 11.1 Å². The van der Waals surface area contributed by atoms with Crippen molar-refractivity contribution in [1.29, 1.82) is 0 Å². The molecule has 1 aliphatic rings. The van der Waals surface area contributed by atoms with Crippen LogP contribution in [0.4, 0.5) is 0 Å². The summed E-state index contributed by atoms with van der Waals surface area (Å²) in [4.78, 5) is 22.4. The first-order chi connectivity index (χ1) is 6.24. The number of hydrogen-bond acceptors (Lipinski definition) is 2. The molecule has 2 heteroatoms. The summed E-state index contributed by atoms with van der Waals surface area (Å²) >= 11 is 0. The van der Waals surface area contributed by atoms with Crippen molar-refractivity contribution in [1.82, 2.24) is 0 Å². The van der Waals surface area contributed by atoms with Gasteiger partial charge >= 0.3 is 0 Å². The maximum Gasteiger partial charge on any atom is 0.229 e. The Morgan fingerprint density at radius 1 is 1.31 bits per heavy atom. The van der Waals surface area contributed by atoms with Gasteiger partial charge in [0, 0.05) is 12.0 Å². The van der Waals surface area contributed by atoms with Gasteiger partial charge in [-0.25, -0.2) is 0 Å². The predicted octanol–water partition coefficient (Wildman–Crippen LogP) is 1.64. The number of hydrogen-bond donors (Lipinski definition) is 0. The van der Waals surface area contributed by atoms with E-state index in [2.05, 4.69) is 6.58 Å². The first-order valence-corrected chi connectivity index (χ1v) is 4.06. The molecule has 1 aromatic carbocycles. The highest BCUT2D eigenvalue weighted by Crippen LogP contribution is 2.23. The van der Waals surface area contributed by atoms with Crippen molar-refractivity contribution >= 4 is 17.6 Å². The minimum atomic E-state index is -0.362. The Balaban J connectivity index is 2.68. The Morgan fingerprint density at radius 3 is 2.77 bits per heavy atom. The van der Waals surface area contributed by atoms with Crippen molar-refractivity contribution in [3.05, 3.63) is 41.5 Å². The molecule has 0 fully saturated rings. The number of carbonyl (C=O) groups excluding carboxylic acids is 2. The molecule has 13 heavy (non-hydrogen) atoms. The maximum atomic E-state index is 11.3. The normalized spacial score (nSPS) is 14.5. The van der Waals surface area contributed by atoms with Crippen LogP contribution in [0.1, 0.15) is 21.5 Å². The van der Waals surface area contributed by atoms with Crippen LogP contribution in [0.25, 0.3) is 6.08 Å². The zero-order valence-electron chi connectivity index (χ0n) is 7.04. The summed E-state index contributed by atoms with van der Waals surface area (Å²) in [5.41, 5.74) is 2.26. The first-order valence-electron chi connectivity index (χ1n) is 4.06. The zero-order chi connectivity index (χ0) is 9.42. The molecule has 0 aliphatic heterocycles. The second kappa shape index (κ2) is 2.66. The van der Waals surface area contributed by atoms with E-state index in [1.165, 1.54) is 0 Å². The first kappa shape index (κ1) is 7.92. The summed E-state index contributed by atoms with van der Waals surface area (Å²) in [5.74, 6) is -0.678. The zero-order valence-corrected chi connectivity index (χ0v) is 7.04. The second-order valence-electron chi connectivity index (χ2n) is 3.01. The largest absolute Gasteiger partial charge is 0.290 e. The maximum absolute atomic E-state index is 11.3. The number of carbonyl (C=O) groups is 2. The van der Waals surface area contributed by atoms with E-state index >= 15 is 0 Å². The fourth-order valence-electron chi connectivity index (χ4n) is 1.60. The number of Topliss-reactive ketones (excluding diaryl/α,β-unsaturated/α-hetero) is 2. The van der Waals surface area contributed by atoms with Gasteiger partial charge < -0.3 is 0 Å². The molecule has 0 unspecified atom stereocenters. The van der Waals surface area contributed by atoms with Gasteiger partial charge in [0.2, 0.25) is 11.6 Å². The number of rotatable bonds is 1. The van der Waals surface area contributed by atoms with Gasteiger partial charge in [-0.2, -0.15) is 0 Å². The van der Waals surface area contributed by atoms with Crippen LogP contribution in [0.15, 0.2) is 24.8 Å². The topological polar surface area (TPSA) is 34.1 Å². The summed E-state index contributed by atoms with van der Waals surface area (Å²) in [6, 6.07) is 5.32. The molecular weight excluding hydrogens is 164 g/mol. The minimum absolute atomic E-state index is 0.232. The highest BCUT2D eigenvalue weighted by molar-refractivity contribution is 6.47. The molecule has 0 bridgehead atoms. The smallest absolute Gasteiger partial charge is 0.229 e. The number of benzene rings is 1. The van der Waals surface area contributed by atoms with Crippen LogP contribution in [0, 0.1) is 0 Å². The third kappa shape index (κ3) is 1.03. The molecule has 0 aromatic heterocycles. The fourth-order valence-corrected chi connectivity index (χ4v) is 1.60. The lowest BCUT2D eigenvalue weighted by molar-refractivity contribution is -0.114. The lowest BCUT2D eigenvalue weighted by Gasteiger charge is -1.99. The van der Waals surface area contributed by atoms with Gasteiger partial charge in [-0.1, -0.05) is 30.9 Å². The number of ketones is 2. The predicted molar refractivity (Wildman–Crippen MR) is 49.6 cm³/mol. The van der Waals surface area contributed by atoms with Crippen molar-refractivity contribution in [2.75, 3.05) is 0 Å². The Morgan fingerprint density at radius 2 is 2.08 bits per heavy atom. The summed E-state index contributed by atoms with van der Waals surface area (Å²) in [7, 11) is 0. The third-order valence-electron chi connectivity index (χ3n) is 2.27. The van der Waals surface area contributed by atoms with Crippen LogP contribution in [-0.2, 0) is 11.2 Å². The van der Waals surface area contributed by atoms with E-state index < -0.39 is 0 Å². The monoisotopic (exact) mass is 172 g/mol. The molecule has 0 radical (unpaired) electrons.